The van der Waals surface area contributed by atoms with Crippen LogP contribution < -0.4 is 14.9 Å². The summed E-state index contributed by atoms with van der Waals surface area (Å²) in [6.45, 7) is 0. The van der Waals surface area contributed by atoms with Crippen molar-refractivity contribution in [1.29, 1.82) is 0 Å². The Morgan fingerprint density at radius 2 is 1.88 bits per heavy atom. The number of aromatic hydroxyl groups is 1. The Morgan fingerprint density at radius 1 is 1.08 bits per heavy atom. The Hall–Kier alpha value is -3.54. The number of phenols is 1. The molecule has 6 nitrogen and oxygen atoms in total. The predicted molar refractivity (Wildman–Crippen MR) is 100 cm³/mol. The summed E-state index contributed by atoms with van der Waals surface area (Å²) in [6.07, 6.45) is 1.47. The molecule has 0 radical (unpaired) electrons. The number of ether oxygens (including phenoxy) is 2. The summed E-state index contributed by atoms with van der Waals surface area (Å²) in [5, 5.41) is 15.7. The summed E-state index contributed by atoms with van der Waals surface area (Å²) in [6, 6.07) is 15.9. The van der Waals surface area contributed by atoms with E-state index in [1.807, 2.05) is 12.1 Å². The van der Waals surface area contributed by atoms with Crippen LogP contribution in [0.5, 0.6) is 17.2 Å². The van der Waals surface area contributed by atoms with Crippen molar-refractivity contribution < 1.29 is 19.4 Å². The largest absolute Gasteiger partial charge is 0.506 e. The number of methoxy groups -OCH3 is 2. The lowest BCUT2D eigenvalue weighted by Crippen LogP contribution is -2.17. The van der Waals surface area contributed by atoms with E-state index in [-0.39, 0.29) is 11.3 Å². The second-order valence-corrected chi connectivity index (χ2v) is 5.49. The molecule has 0 fully saturated rings. The van der Waals surface area contributed by atoms with Crippen LogP contribution in [0.4, 0.5) is 0 Å². The van der Waals surface area contributed by atoms with Gasteiger partial charge >= 0.3 is 0 Å². The van der Waals surface area contributed by atoms with Crippen molar-refractivity contribution in [2.24, 2.45) is 5.10 Å². The topological polar surface area (TPSA) is 80.2 Å². The lowest BCUT2D eigenvalue weighted by Gasteiger charge is -2.08. The molecule has 0 saturated carbocycles. The van der Waals surface area contributed by atoms with Crippen LogP contribution >= 0.6 is 0 Å². The zero-order chi connectivity index (χ0) is 18.5. The van der Waals surface area contributed by atoms with Crippen LogP contribution in [0, 0.1) is 0 Å². The van der Waals surface area contributed by atoms with Crippen molar-refractivity contribution in [2.75, 3.05) is 14.2 Å². The predicted octanol–water partition coefficient (Wildman–Crippen LogP) is 3.33. The number of hydrogen-bond acceptors (Lipinski definition) is 5. The fourth-order valence-corrected chi connectivity index (χ4v) is 2.58. The van der Waals surface area contributed by atoms with Gasteiger partial charge in [0.1, 0.15) is 17.2 Å². The normalized spacial score (nSPS) is 10.8. The average Bonchev–Trinajstić information content (AvgIpc) is 2.68. The van der Waals surface area contributed by atoms with Crippen molar-refractivity contribution in [3.05, 3.63) is 65.7 Å². The minimum Gasteiger partial charge on any atom is -0.506 e. The van der Waals surface area contributed by atoms with Crippen molar-refractivity contribution in [1.82, 2.24) is 5.43 Å². The van der Waals surface area contributed by atoms with Crippen LogP contribution in [-0.2, 0) is 0 Å². The average molecular weight is 350 g/mol. The van der Waals surface area contributed by atoms with E-state index >= 15 is 0 Å². The summed E-state index contributed by atoms with van der Waals surface area (Å²) in [5.41, 5.74) is 3.25. The molecule has 0 aliphatic heterocycles. The number of hydrazone groups is 1. The molecule has 6 heteroatoms. The van der Waals surface area contributed by atoms with Crippen LogP contribution in [0.2, 0.25) is 0 Å². The molecule has 26 heavy (non-hydrogen) atoms. The van der Waals surface area contributed by atoms with Gasteiger partial charge in [-0.3, -0.25) is 4.79 Å². The maximum Gasteiger partial charge on any atom is 0.275 e. The van der Waals surface area contributed by atoms with Crippen molar-refractivity contribution in [3.63, 3.8) is 0 Å². The Morgan fingerprint density at radius 3 is 2.65 bits per heavy atom. The van der Waals surface area contributed by atoms with Crippen LogP contribution in [-0.4, -0.2) is 31.4 Å². The van der Waals surface area contributed by atoms with Gasteiger partial charge in [0.15, 0.2) is 0 Å². The highest BCUT2D eigenvalue weighted by atomic mass is 16.5. The fraction of sp³-hybridized carbons (Fsp3) is 0.100. The molecule has 0 saturated heterocycles. The molecule has 0 bridgehead atoms. The third-order valence-corrected chi connectivity index (χ3v) is 3.96. The molecule has 3 aromatic carbocycles. The molecule has 132 valence electrons. The molecule has 0 aliphatic carbocycles. The first-order valence-corrected chi connectivity index (χ1v) is 7.90. The van der Waals surface area contributed by atoms with Gasteiger partial charge in [-0.25, -0.2) is 5.43 Å². The lowest BCUT2D eigenvalue weighted by molar-refractivity contribution is 0.0952. The summed E-state index contributed by atoms with van der Waals surface area (Å²) < 4.78 is 10.4. The van der Waals surface area contributed by atoms with Crippen LogP contribution in [0.25, 0.3) is 10.8 Å². The molecule has 2 N–H and O–H groups in total. The van der Waals surface area contributed by atoms with Crippen molar-refractivity contribution in [3.8, 4) is 17.2 Å². The van der Waals surface area contributed by atoms with Crippen LogP contribution in [0.15, 0.2) is 59.7 Å². The Labute approximate surface area is 150 Å². The molecule has 0 spiro atoms. The molecule has 0 atom stereocenters. The monoisotopic (exact) mass is 350 g/mol. The zero-order valence-corrected chi connectivity index (χ0v) is 14.4. The third-order valence-electron chi connectivity index (χ3n) is 3.96. The molecule has 3 aromatic rings. The number of nitrogens with zero attached hydrogens (tertiary/aromatic N) is 1. The quantitative estimate of drug-likeness (QED) is 0.546. The number of rotatable bonds is 5. The number of amides is 1. The number of phenolic OH excluding ortho intramolecular Hbond substituents is 1. The minimum absolute atomic E-state index is 0.0715. The standard InChI is InChI=1S/C20H18N2O4/c1-25-15-9-7-14(18(11-15)26-2)12-21-22-20(24)17-10-8-13-5-3-4-6-16(13)19(17)23/h3-12,23H,1-2H3,(H,22,24). The number of carbonyl (C=O) groups excluding carboxylic acids is 1. The van der Waals surface area contributed by atoms with Crippen LogP contribution in [0.1, 0.15) is 15.9 Å². The number of hydrogen-bond donors (Lipinski definition) is 2. The Kier molecular flexibility index (Phi) is 5.03. The summed E-state index contributed by atoms with van der Waals surface area (Å²) in [7, 11) is 3.11. The molecular formula is C20H18N2O4. The van der Waals surface area contributed by atoms with Gasteiger partial charge in [0.25, 0.3) is 5.91 Å². The van der Waals surface area contributed by atoms with Gasteiger partial charge in [-0.05, 0) is 23.6 Å². The van der Waals surface area contributed by atoms with Gasteiger partial charge in [-0.1, -0.05) is 30.3 Å². The molecule has 0 unspecified atom stereocenters. The summed E-state index contributed by atoms with van der Waals surface area (Å²) >= 11 is 0. The number of benzene rings is 3. The van der Waals surface area contributed by atoms with Gasteiger partial charge in [-0.15, -0.1) is 0 Å². The summed E-state index contributed by atoms with van der Waals surface area (Å²) in [4.78, 5) is 12.3. The minimum atomic E-state index is -0.503. The van der Waals surface area contributed by atoms with Gasteiger partial charge in [0, 0.05) is 17.0 Å². The van der Waals surface area contributed by atoms with Crippen LogP contribution in [0.3, 0.4) is 0 Å². The molecule has 0 aromatic heterocycles. The second kappa shape index (κ2) is 7.57. The first-order valence-electron chi connectivity index (χ1n) is 7.90. The number of nitrogens with one attached hydrogen (secondary N) is 1. The first-order chi connectivity index (χ1) is 12.6. The fourth-order valence-electron chi connectivity index (χ4n) is 2.58. The van der Waals surface area contributed by atoms with Crippen molar-refractivity contribution >= 4 is 22.9 Å². The zero-order valence-electron chi connectivity index (χ0n) is 14.4. The molecular weight excluding hydrogens is 332 g/mol. The number of fused-ring (bicyclic) bond motifs is 1. The maximum atomic E-state index is 12.3. The third kappa shape index (κ3) is 3.44. The lowest BCUT2D eigenvalue weighted by atomic mass is 10.1. The van der Waals surface area contributed by atoms with Gasteiger partial charge < -0.3 is 14.6 Å². The maximum absolute atomic E-state index is 12.3. The SMILES string of the molecule is COc1ccc(C=NNC(=O)c2ccc3ccccc3c2O)c(OC)c1. The number of carbonyl (C=O) groups is 1. The van der Waals surface area contributed by atoms with Crippen molar-refractivity contribution in [2.45, 2.75) is 0 Å². The van der Waals surface area contributed by atoms with E-state index in [4.69, 9.17) is 9.47 Å². The smallest absolute Gasteiger partial charge is 0.275 e. The Balaban J connectivity index is 1.79. The molecule has 1 amide bonds. The van der Waals surface area contributed by atoms with E-state index in [0.717, 1.165) is 5.39 Å². The van der Waals surface area contributed by atoms with Gasteiger partial charge in [-0.2, -0.15) is 5.10 Å². The highest BCUT2D eigenvalue weighted by Gasteiger charge is 2.13. The first kappa shape index (κ1) is 17.3. The molecule has 0 heterocycles. The van der Waals surface area contributed by atoms with E-state index < -0.39 is 5.91 Å². The van der Waals surface area contributed by atoms with Gasteiger partial charge in [0.2, 0.25) is 0 Å². The second-order valence-electron chi connectivity index (χ2n) is 5.49. The highest BCUT2D eigenvalue weighted by molar-refractivity contribution is 6.03. The highest BCUT2D eigenvalue weighted by Crippen LogP contribution is 2.28. The van der Waals surface area contributed by atoms with E-state index in [0.29, 0.717) is 22.4 Å². The Bertz CT molecular complexity index is 983. The molecule has 0 aliphatic rings. The molecule has 3 rings (SSSR count). The van der Waals surface area contributed by atoms with E-state index in [1.54, 1.807) is 49.6 Å². The summed E-state index contributed by atoms with van der Waals surface area (Å²) in [5.74, 6) is 0.648. The van der Waals surface area contributed by atoms with E-state index in [1.165, 1.54) is 13.3 Å². The van der Waals surface area contributed by atoms with E-state index in [9.17, 15) is 9.90 Å². The van der Waals surface area contributed by atoms with Gasteiger partial charge in [0.05, 0.1) is 26.0 Å². The van der Waals surface area contributed by atoms with E-state index in [2.05, 4.69) is 10.5 Å².